The van der Waals surface area contributed by atoms with E-state index in [4.69, 9.17) is 4.74 Å². The predicted molar refractivity (Wildman–Crippen MR) is 72.6 cm³/mol. The van der Waals surface area contributed by atoms with Gasteiger partial charge in [-0.15, -0.1) is 0 Å². The molecule has 0 bridgehead atoms. The van der Waals surface area contributed by atoms with Gasteiger partial charge in [0.15, 0.2) is 0 Å². The average Bonchev–Trinajstić information content (AvgIpc) is 2.88. The van der Waals surface area contributed by atoms with Gasteiger partial charge in [-0.25, -0.2) is 0 Å². The highest BCUT2D eigenvalue weighted by Gasteiger charge is 2.18. The summed E-state index contributed by atoms with van der Waals surface area (Å²) in [6.07, 6.45) is 7.56. The van der Waals surface area contributed by atoms with Crippen LogP contribution in [0.15, 0.2) is 0 Å². The molecule has 2 rings (SSSR count). The Balaban J connectivity index is 1.52. The first-order valence-electron chi connectivity index (χ1n) is 6.95. The Bertz CT molecular complexity index is 204. The van der Waals surface area contributed by atoms with E-state index in [1.165, 1.54) is 50.0 Å². The topological polar surface area (TPSA) is 41.5 Å². The first-order chi connectivity index (χ1) is 8.34. The zero-order valence-corrected chi connectivity index (χ0v) is 11.4. The van der Waals surface area contributed by atoms with E-state index in [1.54, 1.807) is 0 Å². The lowest BCUT2D eigenvalue weighted by molar-refractivity contribution is -0.00612. The summed E-state index contributed by atoms with van der Waals surface area (Å²) in [4.78, 5) is 0. The van der Waals surface area contributed by atoms with Crippen LogP contribution in [0.2, 0.25) is 0 Å². The van der Waals surface area contributed by atoms with Crippen molar-refractivity contribution in [2.45, 2.75) is 56.8 Å². The second kappa shape index (κ2) is 7.62. The first kappa shape index (κ1) is 13.7. The van der Waals surface area contributed by atoms with Gasteiger partial charge in [0, 0.05) is 18.3 Å². The Morgan fingerprint density at radius 3 is 2.76 bits per heavy atom. The molecular formula is C13H25NO2S. The standard InChI is InChI=1S/C13H25NO2S/c15-12(9-16-13-5-1-2-6-13)8-14-11-4-3-7-17-10-11/h11-15H,1-10H2. The van der Waals surface area contributed by atoms with Gasteiger partial charge in [0.1, 0.15) is 0 Å². The highest BCUT2D eigenvalue weighted by atomic mass is 32.2. The SMILES string of the molecule is OC(CNC1CCCSC1)COC1CCCC1. The molecule has 17 heavy (non-hydrogen) atoms. The number of rotatable bonds is 6. The Morgan fingerprint density at radius 1 is 1.24 bits per heavy atom. The van der Waals surface area contributed by atoms with Crippen molar-refractivity contribution in [1.82, 2.24) is 5.32 Å². The molecule has 2 N–H and O–H groups in total. The molecule has 1 heterocycles. The summed E-state index contributed by atoms with van der Waals surface area (Å²) in [5.74, 6) is 2.49. The molecule has 0 aromatic rings. The highest BCUT2D eigenvalue weighted by molar-refractivity contribution is 7.99. The third-order valence-corrected chi connectivity index (χ3v) is 4.84. The molecule has 1 saturated heterocycles. The lowest BCUT2D eigenvalue weighted by atomic mass is 10.2. The van der Waals surface area contributed by atoms with E-state index in [9.17, 15) is 5.11 Å². The van der Waals surface area contributed by atoms with Gasteiger partial charge in [-0.1, -0.05) is 12.8 Å². The van der Waals surface area contributed by atoms with Crippen LogP contribution in [0.1, 0.15) is 38.5 Å². The minimum atomic E-state index is -0.345. The number of ether oxygens (including phenoxy) is 1. The fourth-order valence-corrected chi connectivity index (χ4v) is 3.67. The largest absolute Gasteiger partial charge is 0.389 e. The van der Waals surface area contributed by atoms with Gasteiger partial charge in [0.25, 0.3) is 0 Å². The van der Waals surface area contributed by atoms with Crippen LogP contribution in [0, 0.1) is 0 Å². The maximum absolute atomic E-state index is 9.85. The minimum Gasteiger partial charge on any atom is -0.389 e. The third kappa shape index (κ3) is 5.16. The molecule has 2 aliphatic rings. The maximum Gasteiger partial charge on any atom is 0.0897 e. The zero-order valence-electron chi connectivity index (χ0n) is 10.6. The molecular weight excluding hydrogens is 234 g/mol. The van der Waals surface area contributed by atoms with Gasteiger partial charge in [0.05, 0.1) is 18.8 Å². The first-order valence-corrected chi connectivity index (χ1v) is 8.11. The van der Waals surface area contributed by atoms with Crippen molar-refractivity contribution in [1.29, 1.82) is 0 Å². The van der Waals surface area contributed by atoms with E-state index in [-0.39, 0.29) is 6.10 Å². The van der Waals surface area contributed by atoms with Gasteiger partial charge >= 0.3 is 0 Å². The van der Waals surface area contributed by atoms with Gasteiger partial charge < -0.3 is 15.2 Å². The van der Waals surface area contributed by atoms with Gasteiger partial charge in [-0.05, 0) is 31.4 Å². The summed E-state index contributed by atoms with van der Waals surface area (Å²) >= 11 is 2.01. The van der Waals surface area contributed by atoms with Gasteiger partial charge in [0.2, 0.25) is 0 Å². The number of nitrogens with one attached hydrogen (secondary N) is 1. The van der Waals surface area contributed by atoms with Crippen LogP contribution in [0.4, 0.5) is 0 Å². The van der Waals surface area contributed by atoms with Crippen molar-refractivity contribution < 1.29 is 9.84 Å². The molecule has 0 spiro atoms. The predicted octanol–water partition coefficient (Wildman–Crippen LogP) is 1.79. The number of aliphatic hydroxyl groups excluding tert-OH is 1. The molecule has 0 radical (unpaired) electrons. The summed E-state index contributed by atoms with van der Waals surface area (Å²) in [7, 11) is 0. The summed E-state index contributed by atoms with van der Waals surface area (Å²) in [6, 6.07) is 0.592. The Hall–Kier alpha value is 0.230. The monoisotopic (exact) mass is 259 g/mol. The fraction of sp³-hybridized carbons (Fsp3) is 1.00. The number of aliphatic hydroxyl groups is 1. The van der Waals surface area contributed by atoms with Crippen LogP contribution in [0.3, 0.4) is 0 Å². The lowest BCUT2D eigenvalue weighted by Crippen LogP contribution is -2.40. The van der Waals surface area contributed by atoms with Crippen LogP contribution in [0.25, 0.3) is 0 Å². The van der Waals surface area contributed by atoms with Crippen molar-refractivity contribution in [3.05, 3.63) is 0 Å². The summed E-state index contributed by atoms with van der Waals surface area (Å²) in [5, 5.41) is 13.3. The molecule has 4 heteroatoms. The van der Waals surface area contributed by atoms with Crippen LogP contribution in [-0.2, 0) is 4.74 Å². The van der Waals surface area contributed by atoms with E-state index in [0.717, 1.165) is 0 Å². The van der Waals surface area contributed by atoms with Crippen molar-refractivity contribution in [2.75, 3.05) is 24.7 Å². The molecule has 0 amide bonds. The molecule has 1 aliphatic carbocycles. The van der Waals surface area contributed by atoms with Gasteiger partial charge in [-0.3, -0.25) is 0 Å². The molecule has 0 aromatic carbocycles. The minimum absolute atomic E-state index is 0.345. The highest BCUT2D eigenvalue weighted by Crippen LogP contribution is 2.21. The van der Waals surface area contributed by atoms with Crippen LogP contribution >= 0.6 is 11.8 Å². The van der Waals surface area contributed by atoms with Crippen LogP contribution in [0.5, 0.6) is 0 Å². The Morgan fingerprint density at radius 2 is 2.06 bits per heavy atom. The average molecular weight is 259 g/mol. The van der Waals surface area contributed by atoms with E-state index in [1.807, 2.05) is 11.8 Å². The Kier molecular flexibility index (Phi) is 6.12. The van der Waals surface area contributed by atoms with E-state index in [2.05, 4.69) is 5.32 Å². The zero-order chi connectivity index (χ0) is 11.9. The number of hydrogen-bond donors (Lipinski definition) is 2. The number of hydrogen-bond acceptors (Lipinski definition) is 4. The van der Waals surface area contributed by atoms with Crippen molar-refractivity contribution in [2.24, 2.45) is 0 Å². The molecule has 1 aliphatic heterocycles. The van der Waals surface area contributed by atoms with Gasteiger partial charge in [-0.2, -0.15) is 11.8 Å². The maximum atomic E-state index is 9.85. The number of thioether (sulfide) groups is 1. The quantitative estimate of drug-likeness (QED) is 0.763. The van der Waals surface area contributed by atoms with Crippen LogP contribution in [-0.4, -0.2) is 48.0 Å². The molecule has 100 valence electrons. The normalized spacial score (nSPS) is 28.4. The third-order valence-electron chi connectivity index (χ3n) is 3.63. The van der Waals surface area contributed by atoms with Crippen LogP contribution < -0.4 is 5.32 Å². The smallest absolute Gasteiger partial charge is 0.0897 e. The van der Waals surface area contributed by atoms with Crippen molar-refractivity contribution in [3.8, 4) is 0 Å². The van der Waals surface area contributed by atoms with Crippen molar-refractivity contribution in [3.63, 3.8) is 0 Å². The fourth-order valence-electron chi connectivity index (χ4n) is 2.57. The second-order valence-electron chi connectivity index (χ2n) is 5.22. The summed E-state index contributed by atoms with van der Waals surface area (Å²) in [5.41, 5.74) is 0. The molecule has 2 unspecified atom stereocenters. The molecule has 3 nitrogen and oxygen atoms in total. The lowest BCUT2D eigenvalue weighted by Gasteiger charge is -2.24. The van der Waals surface area contributed by atoms with Crippen molar-refractivity contribution >= 4 is 11.8 Å². The molecule has 2 fully saturated rings. The van der Waals surface area contributed by atoms with E-state index in [0.29, 0.717) is 25.3 Å². The molecule has 1 saturated carbocycles. The molecule has 0 aromatic heterocycles. The second-order valence-corrected chi connectivity index (χ2v) is 6.37. The summed E-state index contributed by atoms with van der Waals surface area (Å²) < 4.78 is 5.71. The summed E-state index contributed by atoms with van der Waals surface area (Å²) in [6.45, 7) is 1.18. The Labute approximate surface area is 109 Å². The molecule has 2 atom stereocenters. The van der Waals surface area contributed by atoms with E-state index >= 15 is 0 Å². The van der Waals surface area contributed by atoms with E-state index < -0.39 is 0 Å².